The van der Waals surface area contributed by atoms with Gasteiger partial charge in [-0.05, 0) is 45.8 Å². The number of nitrogens with zero attached hydrogens (tertiary/aromatic N) is 1. The van der Waals surface area contributed by atoms with Crippen molar-refractivity contribution in [1.29, 1.82) is 0 Å². The van der Waals surface area contributed by atoms with Crippen LogP contribution in [0.3, 0.4) is 0 Å². The molecule has 1 rings (SSSR count). The van der Waals surface area contributed by atoms with Crippen LogP contribution in [0, 0.1) is 0 Å². The first-order chi connectivity index (χ1) is 7.11. The highest BCUT2D eigenvalue weighted by Crippen LogP contribution is 2.28. The Labute approximate surface area is 97.3 Å². The van der Waals surface area contributed by atoms with Crippen LogP contribution in [0.2, 0.25) is 0 Å². The van der Waals surface area contributed by atoms with Gasteiger partial charge in [0.05, 0.1) is 6.04 Å². The van der Waals surface area contributed by atoms with Gasteiger partial charge in [0.2, 0.25) is 0 Å². The number of nitrogens with one attached hydrogen (secondary N) is 1. The summed E-state index contributed by atoms with van der Waals surface area (Å²) in [6.45, 7) is 4.15. The molecule has 0 radical (unpaired) electrons. The smallest absolute Gasteiger partial charge is 0.189 e. The second-order valence-electron chi connectivity index (χ2n) is 4.48. The second-order valence-corrected chi connectivity index (χ2v) is 5.62. The molecule has 0 unspecified atom stereocenters. The minimum absolute atomic E-state index is 0.372. The van der Waals surface area contributed by atoms with Crippen LogP contribution in [0.1, 0.15) is 39.5 Å². The van der Waals surface area contributed by atoms with Crippen molar-refractivity contribution >= 4 is 17.7 Å². The maximum Gasteiger partial charge on any atom is 0.189 e. The van der Waals surface area contributed by atoms with Gasteiger partial charge >= 0.3 is 0 Å². The number of thioether (sulfide) groups is 1. The van der Waals surface area contributed by atoms with Crippen molar-refractivity contribution in [2.45, 2.75) is 56.9 Å². The quantitative estimate of drug-likeness (QED) is 0.574. The zero-order valence-electron chi connectivity index (χ0n) is 9.99. The predicted molar refractivity (Wildman–Crippen MR) is 69.5 cm³/mol. The molecule has 0 aliphatic heterocycles. The van der Waals surface area contributed by atoms with Gasteiger partial charge in [-0.2, -0.15) is 11.8 Å². The minimum atomic E-state index is 0.372. The van der Waals surface area contributed by atoms with Gasteiger partial charge in [-0.15, -0.1) is 0 Å². The van der Waals surface area contributed by atoms with Crippen LogP contribution in [0.15, 0.2) is 4.99 Å². The Hall–Kier alpha value is -0.380. The van der Waals surface area contributed by atoms with Crippen molar-refractivity contribution in [3.05, 3.63) is 0 Å². The molecule has 4 heteroatoms. The molecule has 0 spiro atoms. The van der Waals surface area contributed by atoms with Crippen LogP contribution in [-0.2, 0) is 0 Å². The number of aliphatic imine (C=N–C) groups is 1. The van der Waals surface area contributed by atoms with E-state index < -0.39 is 0 Å². The first-order valence-electron chi connectivity index (χ1n) is 5.74. The van der Waals surface area contributed by atoms with Gasteiger partial charge in [-0.25, -0.2) is 0 Å². The van der Waals surface area contributed by atoms with Crippen LogP contribution in [0.5, 0.6) is 0 Å². The number of hydrogen-bond acceptors (Lipinski definition) is 2. The highest BCUT2D eigenvalue weighted by molar-refractivity contribution is 7.99. The second kappa shape index (κ2) is 6.26. The summed E-state index contributed by atoms with van der Waals surface area (Å²) >= 11 is 1.98. The molecule has 0 aromatic heterocycles. The molecule has 1 aliphatic rings. The van der Waals surface area contributed by atoms with E-state index in [1.54, 1.807) is 0 Å². The fraction of sp³-hybridized carbons (Fsp3) is 0.909. The van der Waals surface area contributed by atoms with Gasteiger partial charge in [0.1, 0.15) is 0 Å². The van der Waals surface area contributed by atoms with E-state index in [2.05, 4.69) is 30.4 Å². The lowest BCUT2D eigenvalue weighted by atomic mass is 9.95. The van der Waals surface area contributed by atoms with Gasteiger partial charge < -0.3 is 11.1 Å². The van der Waals surface area contributed by atoms with Crippen molar-refractivity contribution in [3.63, 3.8) is 0 Å². The third kappa shape index (κ3) is 4.78. The molecule has 0 saturated heterocycles. The van der Waals surface area contributed by atoms with E-state index in [0.29, 0.717) is 18.0 Å². The van der Waals surface area contributed by atoms with Gasteiger partial charge in [0.25, 0.3) is 0 Å². The number of hydrogen-bond donors (Lipinski definition) is 2. The zero-order valence-corrected chi connectivity index (χ0v) is 10.8. The molecule has 1 fully saturated rings. The van der Waals surface area contributed by atoms with E-state index >= 15 is 0 Å². The van der Waals surface area contributed by atoms with Crippen LogP contribution in [0.25, 0.3) is 0 Å². The highest BCUT2D eigenvalue weighted by atomic mass is 32.2. The summed E-state index contributed by atoms with van der Waals surface area (Å²) in [6, 6.07) is 0.816. The molecule has 0 bridgehead atoms. The molecule has 1 aliphatic carbocycles. The maximum absolute atomic E-state index is 5.81. The van der Waals surface area contributed by atoms with Gasteiger partial charge in [0.15, 0.2) is 5.96 Å². The molecule has 1 saturated carbocycles. The Morgan fingerprint density at radius 2 is 1.93 bits per heavy atom. The molecule has 88 valence electrons. The summed E-state index contributed by atoms with van der Waals surface area (Å²) in [6.07, 6.45) is 7.13. The minimum Gasteiger partial charge on any atom is -0.370 e. The van der Waals surface area contributed by atoms with E-state index in [-0.39, 0.29) is 0 Å². The molecule has 3 N–H and O–H groups in total. The molecular formula is C11H23N3S. The normalized spacial score (nSPS) is 28.1. The molecule has 0 amide bonds. The van der Waals surface area contributed by atoms with Gasteiger partial charge in [0, 0.05) is 11.3 Å². The molecular weight excluding hydrogens is 206 g/mol. The number of rotatable bonds is 3. The SMILES string of the molecule is CSC1CCC(N=C(N)NC(C)C)CC1. The fourth-order valence-electron chi connectivity index (χ4n) is 1.94. The molecule has 15 heavy (non-hydrogen) atoms. The fourth-order valence-corrected chi connectivity index (χ4v) is 2.68. The van der Waals surface area contributed by atoms with Crippen LogP contribution in [-0.4, -0.2) is 29.5 Å². The van der Waals surface area contributed by atoms with Crippen molar-refractivity contribution in [3.8, 4) is 0 Å². The summed E-state index contributed by atoms with van der Waals surface area (Å²) in [5.74, 6) is 0.609. The summed E-state index contributed by atoms with van der Waals surface area (Å²) in [5, 5.41) is 3.98. The van der Waals surface area contributed by atoms with Crippen molar-refractivity contribution in [2.24, 2.45) is 10.7 Å². The third-order valence-electron chi connectivity index (χ3n) is 2.74. The zero-order chi connectivity index (χ0) is 11.3. The van der Waals surface area contributed by atoms with Gasteiger partial charge in [-0.3, -0.25) is 4.99 Å². The molecule has 0 aromatic rings. The predicted octanol–water partition coefficient (Wildman–Crippen LogP) is 1.97. The van der Waals surface area contributed by atoms with E-state index in [4.69, 9.17) is 5.73 Å². The van der Waals surface area contributed by atoms with E-state index in [1.165, 1.54) is 25.7 Å². The number of nitrogens with two attached hydrogens (primary N) is 1. The van der Waals surface area contributed by atoms with Crippen molar-refractivity contribution < 1.29 is 0 Å². The monoisotopic (exact) mass is 229 g/mol. The Balaban J connectivity index is 2.33. The average molecular weight is 229 g/mol. The Bertz CT molecular complexity index is 208. The summed E-state index contributed by atoms with van der Waals surface area (Å²) < 4.78 is 0. The Morgan fingerprint density at radius 1 is 1.33 bits per heavy atom. The first-order valence-corrected chi connectivity index (χ1v) is 7.03. The largest absolute Gasteiger partial charge is 0.370 e. The van der Waals surface area contributed by atoms with E-state index in [9.17, 15) is 0 Å². The summed E-state index contributed by atoms with van der Waals surface area (Å²) in [7, 11) is 0. The third-order valence-corrected chi connectivity index (χ3v) is 3.87. The van der Waals surface area contributed by atoms with E-state index in [1.807, 2.05) is 11.8 Å². The van der Waals surface area contributed by atoms with Crippen LogP contribution < -0.4 is 11.1 Å². The van der Waals surface area contributed by atoms with Gasteiger partial charge in [-0.1, -0.05) is 0 Å². The van der Waals surface area contributed by atoms with E-state index in [0.717, 1.165) is 5.25 Å². The molecule has 0 atom stereocenters. The topological polar surface area (TPSA) is 50.4 Å². The summed E-state index contributed by atoms with van der Waals surface area (Å²) in [4.78, 5) is 4.52. The first kappa shape index (κ1) is 12.7. The van der Waals surface area contributed by atoms with Crippen LogP contribution in [0.4, 0.5) is 0 Å². The van der Waals surface area contributed by atoms with Crippen molar-refractivity contribution in [1.82, 2.24) is 5.32 Å². The van der Waals surface area contributed by atoms with Crippen LogP contribution >= 0.6 is 11.8 Å². The average Bonchev–Trinajstić information content (AvgIpc) is 2.17. The highest BCUT2D eigenvalue weighted by Gasteiger charge is 2.19. The lowest BCUT2D eigenvalue weighted by Gasteiger charge is -2.25. The number of guanidine groups is 1. The van der Waals surface area contributed by atoms with Crippen molar-refractivity contribution in [2.75, 3.05) is 6.26 Å². The lowest BCUT2D eigenvalue weighted by Crippen LogP contribution is -2.38. The standard InChI is InChI=1S/C11H23N3S/c1-8(2)13-11(12)14-9-4-6-10(15-3)7-5-9/h8-10H,4-7H2,1-3H3,(H3,12,13,14). The lowest BCUT2D eigenvalue weighted by molar-refractivity contribution is 0.451. The molecule has 0 heterocycles. The Morgan fingerprint density at radius 3 is 2.40 bits per heavy atom. The molecule has 3 nitrogen and oxygen atoms in total. The maximum atomic E-state index is 5.81. The molecule has 0 aromatic carbocycles. The summed E-state index contributed by atoms with van der Waals surface area (Å²) in [5.41, 5.74) is 5.81. The Kier molecular flexibility index (Phi) is 5.29.